The molecule has 0 saturated heterocycles. The van der Waals surface area contributed by atoms with Gasteiger partial charge in [0.15, 0.2) is 29.8 Å². The lowest BCUT2D eigenvalue weighted by Gasteiger charge is -2.13. The molecule has 1 unspecified atom stereocenters. The fourth-order valence-corrected chi connectivity index (χ4v) is 3.18. The molecule has 0 heterocycles. The highest BCUT2D eigenvalue weighted by atomic mass is 19.2. The molecule has 26 heavy (non-hydrogen) atoms. The highest BCUT2D eigenvalue weighted by molar-refractivity contribution is 6.04. The third kappa shape index (κ3) is 3.16. The molecule has 0 radical (unpaired) electrons. The van der Waals surface area contributed by atoms with Gasteiger partial charge in [-0.25, -0.2) is 13.2 Å². The summed E-state index contributed by atoms with van der Waals surface area (Å²) in [7, 11) is 0. The molecule has 136 valence electrons. The molecule has 1 N–H and O–H groups in total. The van der Waals surface area contributed by atoms with Crippen molar-refractivity contribution in [3.05, 3.63) is 58.4 Å². The minimum Gasteiger partial charge on any atom is -0.483 e. The second-order valence-electron chi connectivity index (χ2n) is 6.26. The summed E-state index contributed by atoms with van der Waals surface area (Å²) < 4.78 is 45.1. The Morgan fingerprint density at radius 2 is 1.92 bits per heavy atom. The number of ether oxygens (including phenoxy) is 1. The lowest BCUT2D eigenvalue weighted by molar-refractivity contribution is -0.118. The summed E-state index contributed by atoms with van der Waals surface area (Å²) in [5.74, 6) is -4.97. The maximum Gasteiger partial charge on any atom is 0.262 e. The second kappa shape index (κ2) is 6.82. The van der Waals surface area contributed by atoms with Crippen LogP contribution in [0.1, 0.15) is 40.7 Å². The smallest absolute Gasteiger partial charge is 0.262 e. The van der Waals surface area contributed by atoms with E-state index >= 15 is 0 Å². The Kier molecular flexibility index (Phi) is 4.71. The first-order valence-corrected chi connectivity index (χ1v) is 8.02. The van der Waals surface area contributed by atoms with Gasteiger partial charge in [-0.1, -0.05) is 13.0 Å². The number of Topliss-reactive ketones (excluding diaryl/α,β-unsaturated/α-hetero) is 1. The fourth-order valence-electron chi connectivity index (χ4n) is 3.18. The maximum absolute atomic E-state index is 13.6. The molecule has 0 spiro atoms. The molecule has 7 heteroatoms. The van der Waals surface area contributed by atoms with Crippen LogP contribution in [0.4, 0.5) is 18.9 Å². The van der Waals surface area contributed by atoms with Gasteiger partial charge in [-0.3, -0.25) is 9.59 Å². The Hall–Kier alpha value is -2.83. The van der Waals surface area contributed by atoms with E-state index in [0.717, 1.165) is 17.2 Å². The van der Waals surface area contributed by atoms with Gasteiger partial charge in [-0.05, 0) is 42.2 Å². The summed E-state index contributed by atoms with van der Waals surface area (Å²) in [4.78, 5) is 24.1. The van der Waals surface area contributed by atoms with Crippen LogP contribution in [0.5, 0.6) is 5.75 Å². The van der Waals surface area contributed by atoms with Gasteiger partial charge in [0.2, 0.25) is 0 Å². The van der Waals surface area contributed by atoms with Crippen LogP contribution in [-0.2, 0) is 4.79 Å². The van der Waals surface area contributed by atoms with Crippen molar-refractivity contribution in [3.8, 4) is 5.75 Å². The minimum absolute atomic E-state index is 0.0572. The largest absolute Gasteiger partial charge is 0.483 e. The molecular weight excluding hydrogens is 347 g/mol. The predicted molar refractivity (Wildman–Crippen MR) is 89.0 cm³/mol. The zero-order chi connectivity index (χ0) is 19.0. The van der Waals surface area contributed by atoms with Crippen LogP contribution in [0, 0.1) is 24.4 Å². The molecule has 2 aromatic rings. The summed E-state index contributed by atoms with van der Waals surface area (Å²) in [6, 6.07) is 5.04. The number of hydrogen-bond acceptors (Lipinski definition) is 3. The van der Waals surface area contributed by atoms with E-state index < -0.39 is 35.7 Å². The van der Waals surface area contributed by atoms with Crippen molar-refractivity contribution in [2.75, 3.05) is 11.9 Å². The van der Waals surface area contributed by atoms with Crippen molar-refractivity contribution in [2.45, 2.75) is 26.2 Å². The van der Waals surface area contributed by atoms with Crippen molar-refractivity contribution in [2.24, 2.45) is 0 Å². The number of benzene rings is 2. The minimum atomic E-state index is -1.67. The van der Waals surface area contributed by atoms with Crippen LogP contribution in [0.15, 0.2) is 24.3 Å². The number of hydrogen-bond donors (Lipinski definition) is 1. The van der Waals surface area contributed by atoms with Crippen molar-refractivity contribution in [3.63, 3.8) is 0 Å². The van der Waals surface area contributed by atoms with Gasteiger partial charge in [-0.15, -0.1) is 0 Å². The third-order valence-corrected chi connectivity index (χ3v) is 4.36. The molecule has 2 aromatic carbocycles. The van der Waals surface area contributed by atoms with Crippen LogP contribution in [-0.4, -0.2) is 18.3 Å². The number of ketones is 1. The van der Waals surface area contributed by atoms with E-state index in [2.05, 4.69) is 5.32 Å². The van der Waals surface area contributed by atoms with Crippen LogP contribution in [0.2, 0.25) is 0 Å². The molecule has 1 aliphatic rings. The van der Waals surface area contributed by atoms with E-state index in [9.17, 15) is 22.8 Å². The van der Waals surface area contributed by atoms with E-state index in [1.54, 1.807) is 12.1 Å². The lowest BCUT2D eigenvalue weighted by Crippen LogP contribution is -2.21. The van der Waals surface area contributed by atoms with Crippen molar-refractivity contribution < 1.29 is 27.5 Å². The molecule has 0 aromatic heterocycles. The van der Waals surface area contributed by atoms with Crippen LogP contribution in [0.3, 0.4) is 0 Å². The zero-order valence-corrected chi connectivity index (χ0v) is 14.2. The number of carbonyl (C=O) groups is 2. The highest BCUT2D eigenvalue weighted by Gasteiger charge is 2.31. The fraction of sp³-hybridized carbons (Fsp3) is 0.263. The standard InChI is InChI=1S/C19H16F3NO3/c1-9-3-6-14(17-13(24)7-10(2)16(9)17)26-8-15(25)23-12-5-4-11(20)18(21)19(12)22/h3-6,10H,7-8H2,1-2H3,(H,23,25). The normalized spacial score (nSPS) is 15.7. The number of anilines is 1. The molecule has 4 nitrogen and oxygen atoms in total. The van der Waals surface area contributed by atoms with E-state index in [-0.39, 0.29) is 17.5 Å². The Balaban J connectivity index is 1.74. The summed E-state index contributed by atoms with van der Waals surface area (Å²) >= 11 is 0. The van der Waals surface area contributed by atoms with E-state index in [4.69, 9.17) is 4.74 Å². The van der Waals surface area contributed by atoms with Gasteiger partial charge in [0.25, 0.3) is 5.91 Å². The zero-order valence-electron chi connectivity index (χ0n) is 14.2. The third-order valence-electron chi connectivity index (χ3n) is 4.36. The monoisotopic (exact) mass is 363 g/mol. The topological polar surface area (TPSA) is 55.4 Å². The van der Waals surface area contributed by atoms with Crippen molar-refractivity contribution in [1.82, 2.24) is 0 Å². The van der Waals surface area contributed by atoms with Crippen molar-refractivity contribution in [1.29, 1.82) is 0 Å². The quantitative estimate of drug-likeness (QED) is 0.832. The van der Waals surface area contributed by atoms with Crippen LogP contribution in [0.25, 0.3) is 0 Å². The summed E-state index contributed by atoms with van der Waals surface area (Å²) in [6.45, 7) is 3.34. The highest BCUT2D eigenvalue weighted by Crippen LogP contribution is 2.40. The van der Waals surface area contributed by atoms with E-state index in [0.29, 0.717) is 18.1 Å². The first-order chi connectivity index (χ1) is 12.3. The molecule has 3 rings (SSSR count). The van der Waals surface area contributed by atoms with E-state index in [1.807, 2.05) is 13.8 Å². The average molecular weight is 363 g/mol. The Labute approximate surface area is 148 Å². The van der Waals surface area contributed by atoms with Crippen LogP contribution < -0.4 is 10.1 Å². The molecule has 0 fully saturated rings. The van der Waals surface area contributed by atoms with Gasteiger partial charge in [-0.2, -0.15) is 0 Å². The van der Waals surface area contributed by atoms with Gasteiger partial charge >= 0.3 is 0 Å². The molecule has 1 aliphatic carbocycles. The second-order valence-corrected chi connectivity index (χ2v) is 6.26. The SMILES string of the molecule is Cc1ccc(OCC(=O)Nc2ccc(F)c(F)c2F)c2c1C(C)CC2=O. The first kappa shape index (κ1) is 18.0. The van der Waals surface area contributed by atoms with Crippen LogP contribution >= 0.6 is 0 Å². The molecule has 0 saturated carbocycles. The molecule has 1 amide bonds. The number of rotatable bonds is 4. The Morgan fingerprint density at radius 1 is 1.19 bits per heavy atom. The maximum atomic E-state index is 13.6. The van der Waals surface area contributed by atoms with Gasteiger partial charge in [0.05, 0.1) is 11.3 Å². The summed E-state index contributed by atoms with van der Waals surface area (Å²) in [6.07, 6.45) is 0.378. The number of nitrogens with one attached hydrogen (secondary N) is 1. The molecule has 0 aliphatic heterocycles. The number of halogens is 3. The molecule has 0 bridgehead atoms. The summed E-state index contributed by atoms with van der Waals surface area (Å²) in [5.41, 5.74) is 1.85. The number of amides is 1. The van der Waals surface area contributed by atoms with Gasteiger partial charge in [0.1, 0.15) is 5.75 Å². The molecule has 1 atom stereocenters. The number of fused-ring (bicyclic) bond motifs is 1. The first-order valence-electron chi connectivity index (χ1n) is 8.02. The summed E-state index contributed by atoms with van der Waals surface area (Å²) in [5, 5.41) is 2.12. The number of carbonyl (C=O) groups excluding carboxylic acids is 2. The Bertz CT molecular complexity index is 911. The lowest BCUT2D eigenvalue weighted by atomic mass is 9.97. The Morgan fingerprint density at radius 3 is 2.65 bits per heavy atom. The van der Waals surface area contributed by atoms with Crippen molar-refractivity contribution >= 4 is 17.4 Å². The average Bonchev–Trinajstić information content (AvgIpc) is 2.90. The number of aryl methyl sites for hydroxylation is 1. The molecular formula is C19H16F3NO3. The van der Waals surface area contributed by atoms with E-state index in [1.165, 1.54) is 0 Å². The predicted octanol–water partition coefficient (Wildman–Crippen LogP) is 4.12. The van der Waals surface area contributed by atoms with Gasteiger partial charge < -0.3 is 10.1 Å². The van der Waals surface area contributed by atoms with Gasteiger partial charge in [0, 0.05) is 6.42 Å².